The third kappa shape index (κ3) is 9.98. The highest BCUT2D eigenvalue weighted by atomic mass is 15.2. The van der Waals surface area contributed by atoms with Crippen LogP contribution in [-0.4, -0.2) is 0 Å². The molecule has 0 aliphatic rings. The first kappa shape index (κ1) is 41.1. The largest absolute Gasteiger partial charge is 0.311 e. The van der Waals surface area contributed by atoms with Gasteiger partial charge in [0.25, 0.3) is 0 Å². The van der Waals surface area contributed by atoms with E-state index in [1.54, 1.807) is 0 Å². The molecule has 0 aliphatic heterocycles. The summed E-state index contributed by atoms with van der Waals surface area (Å²) in [5, 5.41) is 0. The van der Waals surface area contributed by atoms with Gasteiger partial charge in [0.05, 0.1) is 0 Å². The molecule has 3 nitrogen and oxygen atoms in total. The number of unbranched alkanes of at least 4 members (excludes halogenated alkanes) is 2. The van der Waals surface area contributed by atoms with Crippen molar-refractivity contribution in [3.63, 3.8) is 0 Å². The van der Waals surface area contributed by atoms with Gasteiger partial charge in [0.2, 0.25) is 0 Å². The van der Waals surface area contributed by atoms with Gasteiger partial charge in [-0.05, 0) is 178 Å². The lowest BCUT2D eigenvalue weighted by molar-refractivity contribution is 0.733. The fourth-order valence-electron chi connectivity index (χ4n) is 7.80. The molecule has 300 valence electrons. The quantitative estimate of drug-likeness (QED) is 0.0912. The molecule has 0 aliphatic carbocycles. The zero-order valence-electron chi connectivity index (χ0n) is 36.0. The lowest BCUT2D eigenvalue weighted by atomic mass is 9.98. The molecule has 0 fully saturated rings. The first-order valence-electron chi connectivity index (χ1n) is 21.9. The molecule has 7 aromatic rings. The summed E-state index contributed by atoms with van der Waals surface area (Å²) in [4.78, 5) is 7.11. The van der Waals surface area contributed by atoms with Crippen LogP contribution in [0.3, 0.4) is 0 Å². The number of rotatable bonds is 17. The van der Waals surface area contributed by atoms with E-state index in [-0.39, 0.29) is 0 Å². The first-order chi connectivity index (χ1) is 28.8. The second-order valence-corrected chi connectivity index (χ2v) is 16.2. The average molecular weight is 776 g/mol. The lowest BCUT2D eigenvalue weighted by Crippen LogP contribution is -2.13. The summed E-state index contributed by atoms with van der Waals surface area (Å²) < 4.78 is 0. The smallest absolute Gasteiger partial charge is 0.0463 e. The molecular weight excluding hydrogens is 715 g/mol. The molecule has 0 heterocycles. The normalized spacial score (nSPS) is 11.6. The fourth-order valence-corrected chi connectivity index (χ4v) is 7.80. The van der Waals surface area contributed by atoms with E-state index in [2.05, 4.69) is 226 Å². The number of benzene rings is 7. The van der Waals surface area contributed by atoms with Crippen LogP contribution in [0.2, 0.25) is 0 Å². The highest BCUT2D eigenvalue weighted by Gasteiger charge is 2.19. The average Bonchev–Trinajstić information content (AvgIpc) is 3.28. The Labute approximate surface area is 354 Å². The molecular formula is C56H61N3. The number of aryl methyl sites for hydroxylation is 4. The van der Waals surface area contributed by atoms with Crippen LogP contribution >= 0.6 is 0 Å². The van der Waals surface area contributed by atoms with Crippen LogP contribution in [0, 0.1) is 13.8 Å². The highest BCUT2D eigenvalue weighted by molar-refractivity contribution is 5.83. The van der Waals surface area contributed by atoms with Crippen LogP contribution in [0.4, 0.5) is 51.2 Å². The van der Waals surface area contributed by atoms with E-state index in [1.165, 1.54) is 53.5 Å². The van der Waals surface area contributed by atoms with E-state index in [0.29, 0.717) is 5.92 Å². The summed E-state index contributed by atoms with van der Waals surface area (Å²) in [6.07, 6.45) is 8.16. The number of anilines is 9. The van der Waals surface area contributed by atoms with Crippen molar-refractivity contribution in [2.45, 2.75) is 92.4 Å². The minimum atomic E-state index is 0.512. The van der Waals surface area contributed by atoms with Gasteiger partial charge < -0.3 is 14.7 Å². The zero-order valence-corrected chi connectivity index (χ0v) is 36.0. The van der Waals surface area contributed by atoms with Gasteiger partial charge in [0.15, 0.2) is 0 Å². The topological polar surface area (TPSA) is 9.72 Å². The number of hydrogen-bond acceptors (Lipinski definition) is 3. The zero-order chi connectivity index (χ0) is 41.1. The van der Waals surface area contributed by atoms with E-state index in [4.69, 9.17) is 0 Å². The van der Waals surface area contributed by atoms with Crippen molar-refractivity contribution >= 4 is 51.2 Å². The Morgan fingerprint density at radius 1 is 0.339 bits per heavy atom. The Kier molecular flexibility index (Phi) is 13.7. The summed E-state index contributed by atoms with van der Waals surface area (Å²) in [5.41, 5.74) is 16.8. The first-order valence-corrected chi connectivity index (χ1v) is 21.9. The Morgan fingerprint density at radius 3 is 0.831 bits per heavy atom. The van der Waals surface area contributed by atoms with E-state index in [1.807, 2.05) is 0 Å². The standard InChI is InChI=1S/C56H61N3/c1-7-10-12-45-18-28-50(29-19-45)57(48-24-14-42(4)15-25-48)53-34-38-55(39-35-53)59(52-32-22-47(23-33-52)44(6)9-3)56-40-36-54(37-41-56)58(49-26-16-43(5)17-27-49)51-30-20-46(21-31-51)13-11-8-2/h14-41,44H,7-13H2,1-6H3. The molecule has 3 heteroatoms. The third-order valence-corrected chi connectivity index (χ3v) is 11.7. The molecule has 1 atom stereocenters. The van der Waals surface area contributed by atoms with Crippen molar-refractivity contribution in [2.75, 3.05) is 14.7 Å². The van der Waals surface area contributed by atoms with Crippen molar-refractivity contribution < 1.29 is 0 Å². The molecule has 0 amide bonds. The van der Waals surface area contributed by atoms with Gasteiger partial charge in [0, 0.05) is 51.2 Å². The van der Waals surface area contributed by atoms with Gasteiger partial charge >= 0.3 is 0 Å². The molecule has 0 radical (unpaired) electrons. The molecule has 0 saturated heterocycles. The van der Waals surface area contributed by atoms with Gasteiger partial charge in [-0.2, -0.15) is 0 Å². The maximum Gasteiger partial charge on any atom is 0.0463 e. The van der Waals surface area contributed by atoms with Gasteiger partial charge in [-0.1, -0.05) is 112 Å². The van der Waals surface area contributed by atoms with Crippen LogP contribution in [0.15, 0.2) is 170 Å². The van der Waals surface area contributed by atoms with Crippen molar-refractivity contribution in [1.82, 2.24) is 0 Å². The summed E-state index contributed by atoms with van der Waals surface area (Å²) in [6.45, 7) is 13.4. The summed E-state index contributed by atoms with van der Waals surface area (Å²) in [5.74, 6) is 0.512. The van der Waals surface area contributed by atoms with Crippen molar-refractivity contribution in [1.29, 1.82) is 0 Å². The van der Waals surface area contributed by atoms with Gasteiger partial charge in [-0.3, -0.25) is 0 Å². The second kappa shape index (κ2) is 19.6. The predicted molar refractivity (Wildman–Crippen MR) is 256 cm³/mol. The molecule has 0 bridgehead atoms. The Balaban J connectivity index is 1.26. The molecule has 7 rings (SSSR count). The molecule has 0 spiro atoms. The van der Waals surface area contributed by atoms with Gasteiger partial charge in [0.1, 0.15) is 0 Å². The Hall–Kier alpha value is -6.06. The van der Waals surface area contributed by atoms with Crippen LogP contribution < -0.4 is 14.7 Å². The highest BCUT2D eigenvalue weighted by Crippen LogP contribution is 2.42. The van der Waals surface area contributed by atoms with Crippen LogP contribution in [0.5, 0.6) is 0 Å². The van der Waals surface area contributed by atoms with E-state index < -0.39 is 0 Å². The van der Waals surface area contributed by atoms with Crippen molar-refractivity contribution in [3.05, 3.63) is 198 Å². The van der Waals surface area contributed by atoms with Crippen LogP contribution in [-0.2, 0) is 12.8 Å². The third-order valence-electron chi connectivity index (χ3n) is 11.7. The Bertz CT molecular complexity index is 2180. The predicted octanol–water partition coefficient (Wildman–Crippen LogP) is 16.9. The molecule has 0 saturated carbocycles. The lowest BCUT2D eigenvalue weighted by Gasteiger charge is -2.30. The molecule has 0 N–H and O–H groups in total. The minimum absolute atomic E-state index is 0.512. The van der Waals surface area contributed by atoms with Crippen molar-refractivity contribution in [3.8, 4) is 0 Å². The molecule has 7 aromatic carbocycles. The van der Waals surface area contributed by atoms with E-state index >= 15 is 0 Å². The molecule has 59 heavy (non-hydrogen) atoms. The number of hydrogen-bond donors (Lipinski definition) is 0. The molecule has 1 unspecified atom stereocenters. The molecule has 0 aromatic heterocycles. The Morgan fingerprint density at radius 2 is 0.576 bits per heavy atom. The minimum Gasteiger partial charge on any atom is -0.311 e. The van der Waals surface area contributed by atoms with Crippen LogP contribution in [0.25, 0.3) is 0 Å². The fraction of sp³-hybridized carbons (Fsp3) is 0.250. The monoisotopic (exact) mass is 775 g/mol. The van der Waals surface area contributed by atoms with Gasteiger partial charge in [-0.15, -0.1) is 0 Å². The summed E-state index contributed by atoms with van der Waals surface area (Å²) in [7, 11) is 0. The van der Waals surface area contributed by atoms with E-state index in [9.17, 15) is 0 Å². The van der Waals surface area contributed by atoms with E-state index in [0.717, 1.165) is 70.4 Å². The van der Waals surface area contributed by atoms with Gasteiger partial charge in [-0.25, -0.2) is 0 Å². The summed E-state index contributed by atoms with van der Waals surface area (Å²) >= 11 is 0. The number of nitrogens with zero attached hydrogens (tertiary/aromatic N) is 3. The van der Waals surface area contributed by atoms with Crippen LogP contribution in [0.1, 0.15) is 93.5 Å². The SMILES string of the molecule is CCCCc1ccc(N(c2ccc(C)cc2)c2ccc(N(c3ccc(C(C)CC)cc3)c3ccc(N(c4ccc(C)cc4)c4ccc(CCCC)cc4)cc3)cc2)cc1. The summed E-state index contributed by atoms with van der Waals surface area (Å²) in [6, 6.07) is 63.2. The maximum atomic E-state index is 2.38. The van der Waals surface area contributed by atoms with Crippen molar-refractivity contribution in [2.24, 2.45) is 0 Å². The maximum absolute atomic E-state index is 2.38. The second-order valence-electron chi connectivity index (χ2n) is 16.2.